The molecule has 6 heteroatoms. The summed E-state index contributed by atoms with van der Waals surface area (Å²) in [5.74, 6) is -1.05. The first kappa shape index (κ1) is 21.3. The van der Waals surface area contributed by atoms with Gasteiger partial charge in [-0.15, -0.1) is 0 Å². The Bertz CT molecular complexity index is 1190. The lowest BCUT2D eigenvalue weighted by molar-refractivity contribution is -0.132. The van der Waals surface area contributed by atoms with E-state index in [1.807, 2.05) is 32.0 Å². The van der Waals surface area contributed by atoms with Crippen LogP contribution in [0.3, 0.4) is 0 Å². The highest BCUT2D eigenvalue weighted by molar-refractivity contribution is 6.51. The van der Waals surface area contributed by atoms with E-state index in [-0.39, 0.29) is 11.3 Å². The molecule has 6 nitrogen and oxygen atoms in total. The van der Waals surface area contributed by atoms with Gasteiger partial charge in [-0.1, -0.05) is 37.3 Å². The Morgan fingerprint density at radius 2 is 1.81 bits per heavy atom. The first-order valence-electron chi connectivity index (χ1n) is 10.5. The van der Waals surface area contributed by atoms with Gasteiger partial charge in [-0.25, -0.2) is 0 Å². The number of hydrogen-bond acceptors (Lipinski definition) is 5. The van der Waals surface area contributed by atoms with E-state index in [9.17, 15) is 14.7 Å². The molecule has 1 N–H and O–H groups in total. The Balaban J connectivity index is 1.89. The number of aliphatic hydroxyl groups excluding tert-OH is 1. The molecule has 1 unspecified atom stereocenters. The summed E-state index contributed by atoms with van der Waals surface area (Å²) >= 11 is 0. The normalized spacial score (nSPS) is 17.6. The second kappa shape index (κ2) is 9.06. The average Bonchev–Trinajstić information content (AvgIpc) is 3.08. The van der Waals surface area contributed by atoms with Gasteiger partial charge in [0.25, 0.3) is 11.7 Å². The number of carbonyl (C=O) groups is 2. The number of ether oxygens (including phenoxy) is 1. The monoisotopic (exact) mass is 428 g/mol. The molecule has 0 saturated carbocycles. The quantitative estimate of drug-likeness (QED) is 0.346. The van der Waals surface area contributed by atoms with E-state index in [4.69, 9.17) is 4.74 Å². The molecule has 162 valence electrons. The van der Waals surface area contributed by atoms with Crippen molar-refractivity contribution in [3.63, 3.8) is 0 Å². The third-order valence-electron chi connectivity index (χ3n) is 5.42. The van der Waals surface area contributed by atoms with E-state index in [2.05, 4.69) is 4.98 Å². The molecule has 32 heavy (non-hydrogen) atoms. The van der Waals surface area contributed by atoms with Gasteiger partial charge in [-0.2, -0.15) is 0 Å². The summed E-state index contributed by atoms with van der Waals surface area (Å²) in [6, 6.07) is 17.0. The SMILES string of the molecule is CCCOc1cccc(/C(O)=C2/C(=O)C(=O)N(c3ccccc3C)C2c2ccncc2)c1. The smallest absolute Gasteiger partial charge is 0.300 e. The minimum Gasteiger partial charge on any atom is -0.507 e. The number of rotatable bonds is 6. The topological polar surface area (TPSA) is 79.7 Å². The molecule has 1 aliphatic heterocycles. The number of amides is 1. The third-order valence-corrected chi connectivity index (χ3v) is 5.42. The number of aromatic nitrogens is 1. The Hall–Kier alpha value is -3.93. The number of nitrogens with zero attached hydrogens (tertiary/aromatic N) is 2. The number of hydrogen-bond donors (Lipinski definition) is 1. The highest BCUT2D eigenvalue weighted by atomic mass is 16.5. The predicted octanol–water partition coefficient (Wildman–Crippen LogP) is 4.81. The third kappa shape index (κ3) is 3.87. The van der Waals surface area contributed by atoms with Gasteiger partial charge in [0.2, 0.25) is 0 Å². The van der Waals surface area contributed by atoms with Gasteiger partial charge in [0.1, 0.15) is 11.5 Å². The number of para-hydroxylation sites is 1. The Kier molecular flexibility index (Phi) is 6.03. The van der Waals surface area contributed by atoms with Crippen LogP contribution in [0.4, 0.5) is 5.69 Å². The fraction of sp³-hybridized carbons (Fsp3) is 0.192. The van der Waals surface area contributed by atoms with Crippen LogP contribution >= 0.6 is 0 Å². The van der Waals surface area contributed by atoms with Gasteiger partial charge in [-0.05, 0) is 54.8 Å². The van der Waals surface area contributed by atoms with Crippen LogP contribution in [0.5, 0.6) is 5.75 Å². The molecule has 0 bridgehead atoms. The van der Waals surface area contributed by atoms with Gasteiger partial charge in [0, 0.05) is 23.6 Å². The molecule has 0 aliphatic carbocycles. The molecule has 3 aromatic rings. The van der Waals surface area contributed by atoms with E-state index in [0.717, 1.165) is 12.0 Å². The maximum atomic E-state index is 13.2. The lowest BCUT2D eigenvalue weighted by Gasteiger charge is -2.26. The molecule has 1 aromatic heterocycles. The number of aryl methyl sites for hydroxylation is 1. The molecule has 1 amide bonds. The van der Waals surface area contributed by atoms with Crippen molar-refractivity contribution in [3.05, 3.63) is 95.3 Å². The number of carbonyl (C=O) groups excluding carboxylic acids is 2. The van der Waals surface area contributed by atoms with Crippen LogP contribution in [0.15, 0.2) is 78.6 Å². The minimum atomic E-state index is -0.778. The number of pyridine rings is 1. The second-order valence-corrected chi connectivity index (χ2v) is 7.61. The summed E-state index contributed by atoms with van der Waals surface area (Å²) in [7, 11) is 0. The number of aliphatic hydroxyl groups is 1. The molecule has 4 rings (SSSR count). The van der Waals surface area contributed by atoms with Crippen molar-refractivity contribution in [2.24, 2.45) is 0 Å². The fourth-order valence-electron chi connectivity index (χ4n) is 3.88. The average molecular weight is 428 g/mol. The molecule has 2 aromatic carbocycles. The van der Waals surface area contributed by atoms with Gasteiger partial charge in [-0.3, -0.25) is 19.5 Å². The number of Topliss-reactive ketones (excluding diaryl/α,β-unsaturated/α-hetero) is 1. The van der Waals surface area contributed by atoms with Gasteiger partial charge >= 0.3 is 0 Å². The summed E-state index contributed by atoms with van der Waals surface area (Å²) in [5, 5.41) is 11.2. The summed E-state index contributed by atoms with van der Waals surface area (Å²) in [4.78, 5) is 31.9. The first-order chi connectivity index (χ1) is 15.5. The molecule has 0 spiro atoms. The predicted molar refractivity (Wildman–Crippen MR) is 122 cm³/mol. The minimum absolute atomic E-state index is 0.0390. The first-order valence-corrected chi connectivity index (χ1v) is 10.5. The lowest BCUT2D eigenvalue weighted by atomic mass is 9.95. The summed E-state index contributed by atoms with van der Waals surface area (Å²) in [6.07, 6.45) is 4.05. The van der Waals surface area contributed by atoms with Crippen molar-refractivity contribution in [2.45, 2.75) is 26.3 Å². The lowest BCUT2D eigenvalue weighted by Crippen LogP contribution is -2.30. The molecular formula is C26H24N2O4. The maximum absolute atomic E-state index is 13.2. The fourth-order valence-corrected chi connectivity index (χ4v) is 3.88. The second-order valence-electron chi connectivity index (χ2n) is 7.61. The van der Waals surface area contributed by atoms with Crippen LogP contribution in [-0.4, -0.2) is 28.4 Å². The highest BCUT2D eigenvalue weighted by Gasteiger charge is 2.47. The largest absolute Gasteiger partial charge is 0.507 e. The van der Waals surface area contributed by atoms with Crippen molar-refractivity contribution in [2.75, 3.05) is 11.5 Å². The van der Waals surface area contributed by atoms with Gasteiger partial charge in [0.15, 0.2) is 0 Å². The van der Waals surface area contributed by atoms with Crippen LogP contribution in [0.25, 0.3) is 5.76 Å². The van der Waals surface area contributed by atoms with E-state index in [1.54, 1.807) is 54.9 Å². The zero-order chi connectivity index (χ0) is 22.7. The highest BCUT2D eigenvalue weighted by Crippen LogP contribution is 2.43. The number of ketones is 1. The maximum Gasteiger partial charge on any atom is 0.300 e. The van der Waals surface area contributed by atoms with Crippen LogP contribution in [0, 0.1) is 6.92 Å². The molecule has 1 saturated heterocycles. The molecule has 2 heterocycles. The molecule has 0 radical (unpaired) electrons. The molecular weight excluding hydrogens is 404 g/mol. The van der Waals surface area contributed by atoms with E-state index >= 15 is 0 Å². The number of anilines is 1. The molecule has 1 aliphatic rings. The summed E-state index contributed by atoms with van der Waals surface area (Å²) in [6.45, 7) is 4.43. The van der Waals surface area contributed by atoms with Crippen LogP contribution in [0.1, 0.15) is 36.1 Å². The Labute approximate surface area is 186 Å². The standard InChI is InChI=1S/C26H24N2O4/c1-3-15-32-20-9-6-8-19(16-20)24(29)22-23(18-11-13-27-14-12-18)28(26(31)25(22)30)21-10-5-4-7-17(21)2/h4-14,16,23,29H,3,15H2,1-2H3/b24-22-. The Morgan fingerprint density at radius 1 is 1.06 bits per heavy atom. The van der Waals surface area contributed by atoms with Gasteiger partial charge < -0.3 is 9.84 Å². The number of benzene rings is 2. The summed E-state index contributed by atoms with van der Waals surface area (Å²) in [5.41, 5.74) is 2.61. The molecule has 1 atom stereocenters. The zero-order valence-electron chi connectivity index (χ0n) is 18.0. The van der Waals surface area contributed by atoms with Crippen LogP contribution in [-0.2, 0) is 9.59 Å². The van der Waals surface area contributed by atoms with Crippen molar-refractivity contribution in [1.29, 1.82) is 0 Å². The van der Waals surface area contributed by atoms with Crippen molar-refractivity contribution >= 4 is 23.1 Å². The zero-order valence-corrected chi connectivity index (χ0v) is 18.0. The Morgan fingerprint density at radius 3 is 2.53 bits per heavy atom. The van der Waals surface area contributed by atoms with E-state index in [0.29, 0.717) is 29.2 Å². The van der Waals surface area contributed by atoms with Crippen molar-refractivity contribution < 1.29 is 19.4 Å². The molecule has 1 fully saturated rings. The van der Waals surface area contributed by atoms with Crippen molar-refractivity contribution in [3.8, 4) is 5.75 Å². The van der Waals surface area contributed by atoms with E-state index < -0.39 is 17.7 Å². The van der Waals surface area contributed by atoms with Crippen molar-refractivity contribution in [1.82, 2.24) is 4.98 Å². The van der Waals surface area contributed by atoms with Gasteiger partial charge in [0.05, 0.1) is 18.2 Å². The van der Waals surface area contributed by atoms with Crippen LogP contribution < -0.4 is 9.64 Å². The van der Waals surface area contributed by atoms with E-state index in [1.165, 1.54) is 4.90 Å². The summed E-state index contributed by atoms with van der Waals surface area (Å²) < 4.78 is 5.67. The van der Waals surface area contributed by atoms with Crippen LogP contribution in [0.2, 0.25) is 0 Å².